The Morgan fingerprint density at radius 3 is 2.77 bits per heavy atom. The minimum absolute atomic E-state index is 0.245. The van der Waals surface area contributed by atoms with Crippen molar-refractivity contribution >= 4 is 5.78 Å². The second-order valence-electron chi connectivity index (χ2n) is 3.75. The number of hydrogen-bond acceptors (Lipinski definition) is 2. The van der Waals surface area contributed by atoms with Gasteiger partial charge in [-0.1, -0.05) is 13.3 Å². The minimum atomic E-state index is 0.245. The highest BCUT2D eigenvalue weighted by atomic mass is 16.1. The van der Waals surface area contributed by atoms with Crippen LogP contribution in [0.25, 0.3) is 0 Å². The Bertz CT molecular complexity index is 220. The van der Waals surface area contributed by atoms with Crippen molar-refractivity contribution in [1.29, 1.82) is 0 Å². The average molecular weight is 181 g/mol. The van der Waals surface area contributed by atoms with Crippen LogP contribution in [0.15, 0.2) is 11.8 Å². The van der Waals surface area contributed by atoms with Gasteiger partial charge in [0.2, 0.25) is 0 Å². The highest BCUT2D eigenvalue weighted by Gasteiger charge is 2.24. The number of hydrogen-bond donors (Lipinski definition) is 0. The van der Waals surface area contributed by atoms with E-state index in [-0.39, 0.29) is 5.92 Å². The van der Waals surface area contributed by atoms with Gasteiger partial charge in [0.15, 0.2) is 5.78 Å². The van der Waals surface area contributed by atoms with Crippen molar-refractivity contribution in [2.45, 2.75) is 33.6 Å². The molecule has 2 nitrogen and oxygen atoms in total. The van der Waals surface area contributed by atoms with Gasteiger partial charge in [0, 0.05) is 30.8 Å². The monoisotopic (exact) mass is 181 g/mol. The summed E-state index contributed by atoms with van der Waals surface area (Å²) in [6.07, 6.45) is 4.12. The number of nitrogens with zero attached hydrogens (tertiary/aromatic N) is 1. The molecule has 0 spiro atoms. The number of carbonyl (C=O) groups excluding carboxylic acids is 1. The molecular formula is C11H19NO. The van der Waals surface area contributed by atoms with Crippen molar-refractivity contribution in [3.05, 3.63) is 11.8 Å². The van der Waals surface area contributed by atoms with E-state index in [1.165, 1.54) is 0 Å². The predicted octanol–water partition coefficient (Wildman–Crippen LogP) is 2.21. The van der Waals surface area contributed by atoms with Crippen LogP contribution in [0, 0.1) is 5.92 Å². The van der Waals surface area contributed by atoms with Crippen LogP contribution in [0.3, 0.4) is 0 Å². The zero-order valence-electron chi connectivity index (χ0n) is 8.84. The van der Waals surface area contributed by atoms with Crippen LogP contribution >= 0.6 is 0 Å². The van der Waals surface area contributed by atoms with Gasteiger partial charge in [0.05, 0.1) is 0 Å². The highest BCUT2D eigenvalue weighted by Crippen LogP contribution is 2.20. The van der Waals surface area contributed by atoms with E-state index in [0.717, 1.165) is 31.5 Å². The van der Waals surface area contributed by atoms with Crippen LogP contribution < -0.4 is 0 Å². The Balaban J connectivity index is 2.69. The van der Waals surface area contributed by atoms with Gasteiger partial charge in [-0.25, -0.2) is 0 Å². The molecule has 1 rings (SSSR count). The summed E-state index contributed by atoms with van der Waals surface area (Å²) in [6, 6.07) is 0. The van der Waals surface area contributed by atoms with Crippen LogP contribution in [-0.4, -0.2) is 23.8 Å². The molecule has 0 fully saturated rings. The van der Waals surface area contributed by atoms with Gasteiger partial charge in [0.1, 0.15) is 0 Å². The van der Waals surface area contributed by atoms with Gasteiger partial charge in [0.25, 0.3) is 0 Å². The summed E-state index contributed by atoms with van der Waals surface area (Å²) < 4.78 is 0. The zero-order chi connectivity index (χ0) is 9.84. The minimum Gasteiger partial charge on any atom is -0.377 e. The maximum Gasteiger partial charge on any atom is 0.164 e. The van der Waals surface area contributed by atoms with Crippen LogP contribution in [0.1, 0.15) is 33.6 Å². The molecule has 0 saturated carbocycles. The SMILES string of the molecule is CCCC1CN(CC)C=C(C)C1=O. The van der Waals surface area contributed by atoms with E-state index < -0.39 is 0 Å². The van der Waals surface area contributed by atoms with Crippen molar-refractivity contribution in [3.63, 3.8) is 0 Å². The third-order valence-electron chi connectivity index (χ3n) is 2.63. The van der Waals surface area contributed by atoms with E-state index in [1.807, 2.05) is 13.1 Å². The maximum absolute atomic E-state index is 11.7. The smallest absolute Gasteiger partial charge is 0.164 e. The number of Topliss-reactive ketones (excluding diaryl/α,β-unsaturated/α-hetero) is 1. The van der Waals surface area contributed by atoms with Crippen LogP contribution in [-0.2, 0) is 4.79 Å². The van der Waals surface area contributed by atoms with Gasteiger partial charge < -0.3 is 4.90 Å². The first-order valence-corrected chi connectivity index (χ1v) is 5.15. The topological polar surface area (TPSA) is 20.3 Å². The largest absolute Gasteiger partial charge is 0.377 e. The first-order valence-electron chi connectivity index (χ1n) is 5.15. The lowest BCUT2D eigenvalue weighted by atomic mass is 9.91. The fourth-order valence-electron chi connectivity index (χ4n) is 1.87. The number of carbonyl (C=O) groups is 1. The van der Waals surface area contributed by atoms with Crippen LogP contribution in [0.4, 0.5) is 0 Å². The molecule has 74 valence electrons. The third-order valence-corrected chi connectivity index (χ3v) is 2.63. The maximum atomic E-state index is 11.7. The van der Waals surface area contributed by atoms with Crippen molar-refractivity contribution in [2.75, 3.05) is 13.1 Å². The molecule has 1 aliphatic heterocycles. The van der Waals surface area contributed by atoms with Gasteiger partial charge in [-0.05, 0) is 20.3 Å². The van der Waals surface area contributed by atoms with Gasteiger partial charge in [-0.15, -0.1) is 0 Å². The number of ketones is 1. The van der Waals surface area contributed by atoms with Gasteiger partial charge >= 0.3 is 0 Å². The lowest BCUT2D eigenvalue weighted by Crippen LogP contribution is -2.35. The van der Waals surface area contributed by atoms with Crippen molar-refractivity contribution in [1.82, 2.24) is 4.90 Å². The standard InChI is InChI=1S/C11H19NO/c1-4-6-10-8-12(5-2)7-9(3)11(10)13/h7,10H,4-6,8H2,1-3H3. The molecule has 0 radical (unpaired) electrons. The van der Waals surface area contributed by atoms with Crippen LogP contribution in [0.2, 0.25) is 0 Å². The average Bonchev–Trinajstić information content (AvgIpc) is 2.13. The molecule has 2 heteroatoms. The van der Waals surface area contributed by atoms with E-state index in [0.29, 0.717) is 5.78 Å². The normalized spacial score (nSPS) is 23.3. The molecule has 0 aromatic heterocycles. The molecule has 0 bridgehead atoms. The van der Waals surface area contributed by atoms with Crippen molar-refractivity contribution in [2.24, 2.45) is 5.92 Å². The first-order chi connectivity index (χ1) is 6.19. The molecular weight excluding hydrogens is 162 g/mol. The first kappa shape index (κ1) is 10.3. The highest BCUT2D eigenvalue weighted by molar-refractivity contribution is 5.97. The lowest BCUT2D eigenvalue weighted by Gasteiger charge is -2.29. The van der Waals surface area contributed by atoms with E-state index in [2.05, 4.69) is 18.7 Å². The van der Waals surface area contributed by atoms with E-state index in [1.54, 1.807) is 0 Å². The van der Waals surface area contributed by atoms with Crippen molar-refractivity contribution < 1.29 is 4.79 Å². The summed E-state index contributed by atoms with van der Waals surface area (Å²) >= 11 is 0. The van der Waals surface area contributed by atoms with Crippen molar-refractivity contribution in [3.8, 4) is 0 Å². The zero-order valence-corrected chi connectivity index (χ0v) is 8.84. The fourth-order valence-corrected chi connectivity index (χ4v) is 1.87. The third kappa shape index (κ3) is 2.33. The molecule has 1 aliphatic rings. The molecule has 0 saturated heterocycles. The quantitative estimate of drug-likeness (QED) is 0.665. The summed E-state index contributed by atoms with van der Waals surface area (Å²) in [5.41, 5.74) is 0.923. The second-order valence-corrected chi connectivity index (χ2v) is 3.75. The summed E-state index contributed by atoms with van der Waals surface area (Å²) in [7, 11) is 0. The molecule has 13 heavy (non-hydrogen) atoms. The van der Waals surface area contributed by atoms with Gasteiger partial charge in [-0.3, -0.25) is 4.79 Å². The molecule has 1 atom stereocenters. The molecule has 0 aromatic rings. The summed E-state index contributed by atoms with van der Waals surface area (Å²) in [4.78, 5) is 13.9. The van der Waals surface area contributed by atoms with E-state index in [9.17, 15) is 4.79 Å². The molecule has 1 unspecified atom stereocenters. The molecule has 0 N–H and O–H groups in total. The number of allylic oxidation sites excluding steroid dienone is 1. The van der Waals surface area contributed by atoms with Gasteiger partial charge in [-0.2, -0.15) is 0 Å². The number of rotatable bonds is 3. The van der Waals surface area contributed by atoms with Crippen LogP contribution in [0.5, 0.6) is 0 Å². The molecule has 0 aliphatic carbocycles. The molecule has 0 amide bonds. The fraction of sp³-hybridized carbons (Fsp3) is 0.727. The Hall–Kier alpha value is -0.790. The molecule has 1 heterocycles. The van der Waals surface area contributed by atoms with E-state index >= 15 is 0 Å². The Labute approximate surface area is 80.6 Å². The Kier molecular flexibility index (Phi) is 3.52. The summed E-state index contributed by atoms with van der Waals surface area (Å²) in [5.74, 6) is 0.599. The summed E-state index contributed by atoms with van der Waals surface area (Å²) in [6.45, 7) is 8.11. The summed E-state index contributed by atoms with van der Waals surface area (Å²) in [5, 5.41) is 0. The Morgan fingerprint density at radius 2 is 2.23 bits per heavy atom. The molecule has 0 aromatic carbocycles. The van der Waals surface area contributed by atoms with E-state index in [4.69, 9.17) is 0 Å². The Morgan fingerprint density at radius 1 is 1.54 bits per heavy atom. The second kappa shape index (κ2) is 4.45. The lowest BCUT2D eigenvalue weighted by molar-refractivity contribution is -0.120. The predicted molar refractivity (Wildman–Crippen MR) is 54.4 cm³/mol.